The van der Waals surface area contributed by atoms with Crippen LogP contribution in [0.2, 0.25) is 0 Å². The monoisotopic (exact) mass is 257 g/mol. The molecule has 1 atom stereocenters. The number of nitrogens with one attached hydrogen (secondary N) is 1. The molecule has 1 unspecified atom stereocenters. The minimum absolute atomic E-state index is 0.189. The SMILES string of the molecule is C#CC(CC)NCc1sccc1Br. The highest BCUT2D eigenvalue weighted by molar-refractivity contribution is 9.10. The maximum Gasteiger partial charge on any atom is 0.0687 e. The van der Waals surface area contributed by atoms with Crippen molar-refractivity contribution in [1.82, 2.24) is 5.32 Å². The second kappa shape index (κ2) is 5.43. The predicted octanol–water partition coefficient (Wildman–Crippen LogP) is 3.01. The Labute approximate surface area is 91.7 Å². The van der Waals surface area contributed by atoms with Crippen LogP contribution >= 0.6 is 27.3 Å². The molecule has 70 valence electrons. The Morgan fingerprint density at radius 1 is 1.77 bits per heavy atom. The molecule has 3 heteroatoms. The van der Waals surface area contributed by atoms with Gasteiger partial charge >= 0.3 is 0 Å². The summed E-state index contributed by atoms with van der Waals surface area (Å²) < 4.78 is 1.16. The molecule has 1 N–H and O–H groups in total. The van der Waals surface area contributed by atoms with Crippen molar-refractivity contribution >= 4 is 27.3 Å². The van der Waals surface area contributed by atoms with Gasteiger partial charge in [-0.2, -0.15) is 0 Å². The van der Waals surface area contributed by atoms with E-state index in [1.165, 1.54) is 4.88 Å². The Kier molecular flexibility index (Phi) is 4.51. The van der Waals surface area contributed by atoms with Gasteiger partial charge in [-0.3, -0.25) is 5.32 Å². The van der Waals surface area contributed by atoms with Crippen molar-refractivity contribution in [3.05, 3.63) is 20.8 Å². The van der Waals surface area contributed by atoms with Gasteiger partial charge in [-0.1, -0.05) is 12.8 Å². The van der Waals surface area contributed by atoms with E-state index in [1.54, 1.807) is 11.3 Å². The van der Waals surface area contributed by atoms with Gasteiger partial charge in [0.05, 0.1) is 6.04 Å². The zero-order valence-electron chi connectivity index (χ0n) is 7.51. The van der Waals surface area contributed by atoms with Gasteiger partial charge in [0.25, 0.3) is 0 Å². The molecule has 1 heterocycles. The molecule has 0 aliphatic heterocycles. The van der Waals surface area contributed by atoms with Gasteiger partial charge in [-0.15, -0.1) is 17.8 Å². The highest BCUT2D eigenvalue weighted by Crippen LogP contribution is 2.22. The van der Waals surface area contributed by atoms with E-state index < -0.39 is 0 Å². The summed E-state index contributed by atoms with van der Waals surface area (Å²) in [7, 11) is 0. The largest absolute Gasteiger partial charge is 0.299 e. The predicted molar refractivity (Wildman–Crippen MR) is 61.8 cm³/mol. The molecule has 0 radical (unpaired) electrons. The standard InChI is InChI=1S/C10H12BrNS/c1-3-8(4-2)12-7-10-9(11)5-6-13-10/h1,5-6,8,12H,4,7H2,2H3. The number of rotatable bonds is 4. The smallest absolute Gasteiger partial charge is 0.0687 e. The summed E-state index contributed by atoms with van der Waals surface area (Å²) in [6, 6.07) is 2.24. The van der Waals surface area contributed by atoms with Crippen LogP contribution in [0.4, 0.5) is 0 Å². The van der Waals surface area contributed by atoms with Crippen LogP contribution in [0.15, 0.2) is 15.9 Å². The molecule has 13 heavy (non-hydrogen) atoms. The molecule has 0 bridgehead atoms. The summed E-state index contributed by atoms with van der Waals surface area (Å²) in [5, 5.41) is 5.37. The lowest BCUT2D eigenvalue weighted by molar-refractivity contribution is 0.596. The van der Waals surface area contributed by atoms with E-state index in [1.807, 2.05) is 0 Å². The molecule has 0 saturated carbocycles. The minimum atomic E-state index is 0.189. The van der Waals surface area contributed by atoms with Gasteiger partial charge in [-0.25, -0.2) is 0 Å². The molecule has 1 nitrogen and oxygen atoms in total. The molecule has 0 aliphatic carbocycles. The van der Waals surface area contributed by atoms with E-state index in [-0.39, 0.29) is 6.04 Å². The fourth-order valence-electron chi connectivity index (χ4n) is 0.988. The minimum Gasteiger partial charge on any atom is -0.299 e. The van der Waals surface area contributed by atoms with Gasteiger partial charge < -0.3 is 0 Å². The molecule has 0 aliphatic rings. The van der Waals surface area contributed by atoms with Crippen molar-refractivity contribution in [2.45, 2.75) is 25.9 Å². The molecular weight excluding hydrogens is 246 g/mol. The fraction of sp³-hybridized carbons (Fsp3) is 0.400. The van der Waals surface area contributed by atoms with Crippen LogP contribution in [0.25, 0.3) is 0 Å². The van der Waals surface area contributed by atoms with Crippen LogP contribution in [-0.4, -0.2) is 6.04 Å². The fourth-order valence-corrected chi connectivity index (χ4v) is 2.43. The van der Waals surface area contributed by atoms with Crippen molar-refractivity contribution in [1.29, 1.82) is 0 Å². The summed E-state index contributed by atoms with van der Waals surface area (Å²) in [5.41, 5.74) is 0. The summed E-state index contributed by atoms with van der Waals surface area (Å²) in [6.45, 7) is 2.93. The van der Waals surface area contributed by atoms with E-state index >= 15 is 0 Å². The lowest BCUT2D eigenvalue weighted by Crippen LogP contribution is -2.25. The lowest BCUT2D eigenvalue weighted by atomic mass is 10.2. The van der Waals surface area contributed by atoms with E-state index in [0.29, 0.717) is 0 Å². The first kappa shape index (κ1) is 10.8. The van der Waals surface area contributed by atoms with E-state index in [9.17, 15) is 0 Å². The van der Waals surface area contributed by atoms with Crippen molar-refractivity contribution in [2.24, 2.45) is 0 Å². The molecule has 0 fully saturated rings. The van der Waals surface area contributed by atoms with Crippen LogP contribution in [-0.2, 0) is 6.54 Å². The molecule has 0 saturated heterocycles. The van der Waals surface area contributed by atoms with Crippen molar-refractivity contribution in [3.63, 3.8) is 0 Å². The average molecular weight is 258 g/mol. The first-order chi connectivity index (χ1) is 6.27. The molecule has 0 amide bonds. The molecule has 1 rings (SSSR count). The van der Waals surface area contributed by atoms with Gasteiger partial charge in [-0.05, 0) is 33.8 Å². The van der Waals surface area contributed by atoms with Crippen molar-refractivity contribution < 1.29 is 0 Å². The number of hydrogen-bond acceptors (Lipinski definition) is 2. The van der Waals surface area contributed by atoms with Gasteiger partial charge in [0.15, 0.2) is 0 Å². The van der Waals surface area contributed by atoms with Gasteiger partial charge in [0.2, 0.25) is 0 Å². The highest BCUT2D eigenvalue weighted by atomic mass is 79.9. The topological polar surface area (TPSA) is 12.0 Å². The molecule has 0 spiro atoms. The third-order valence-electron chi connectivity index (χ3n) is 1.81. The van der Waals surface area contributed by atoms with E-state index in [0.717, 1.165) is 17.4 Å². The van der Waals surface area contributed by atoms with Crippen LogP contribution in [0, 0.1) is 12.3 Å². The maximum atomic E-state index is 5.34. The summed E-state index contributed by atoms with van der Waals surface area (Å²) >= 11 is 5.21. The quantitative estimate of drug-likeness (QED) is 0.818. The third-order valence-corrected chi connectivity index (χ3v) is 3.74. The Bertz CT molecular complexity index is 300. The first-order valence-corrected chi connectivity index (χ1v) is 5.86. The second-order valence-corrected chi connectivity index (χ2v) is 4.56. The third kappa shape index (κ3) is 3.15. The number of thiophene rings is 1. The summed E-state index contributed by atoms with van der Waals surface area (Å²) in [4.78, 5) is 1.30. The number of terminal acetylenes is 1. The second-order valence-electron chi connectivity index (χ2n) is 2.70. The first-order valence-electron chi connectivity index (χ1n) is 4.19. The molecular formula is C10H12BrNS. The van der Waals surface area contributed by atoms with E-state index in [4.69, 9.17) is 6.42 Å². The highest BCUT2D eigenvalue weighted by Gasteiger charge is 2.04. The number of halogens is 1. The van der Waals surface area contributed by atoms with Gasteiger partial charge in [0.1, 0.15) is 0 Å². The normalized spacial score (nSPS) is 12.4. The Balaban J connectivity index is 2.44. The molecule has 0 aromatic carbocycles. The van der Waals surface area contributed by atoms with Crippen molar-refractivity contribution in [3.8, 4) is 12.3 Å². The lowest BCUT2D eigenvalue weighted by Gasteiger charge is -2.09. The van der Waals surface area contributed by atoms with E-state index in [2.05, 4.69) is 45.5 Å². The Morgan fingerprint density at radius 2 is 2.54 bits per heavy atom. The zero-order valence-corrected chi connectivity index (χ0v) is 9.91. The Hall–Kier alpha value is -0.300. The molecule has 1 aromatic rings. The zero-order chi connectivity index (χ0) is 9.68. The average Bonchev–Trinajstić information content (AvgIpc) is 2.54. The van der Waals surface area contributed by atoms with Crippen LogP contribution in [0.3, 0.4) is 0 Å². The molecule has 1 aromatic heterocycles. The van der Waals surface area contributed by atoms with Crippen LogP contribution < -0.4 is 5.32 Å². The summed E-state index contributed by atoms with van der Waals surface area (Å²) in [6.07, 6.45) is 6.31. The van der Waals surface area contributed by atoms with Crippen LogP contribution in [0.5, 0.6) is 0 Å². The summed E-state index contributed by atoms with van der Waals surface area (Å²) in [5.74, 6) is 2.71. The van der Waals surface area contributed by atoms with Gasteiger partial charge in [0, 0.05) is 15.9 Å². The maximum absolute atomic E-state index is 5.34. The van der Waals surface area contributed by atoms with Crippen molar-refractivity contribution in [2.75, 3.05) is 0 Å². The Morgan fingerprint density at radius 3 is 3.00 bits per heavy atom. The van der Waals surface area contributed by atoms with Crippen LogP contribution in [0.1, 0.15) is 18.2 Å². The number of hydrogen-bond donors (Lipinski definition) is 1.